The van der Waals surface area contributed by atoms with Crippen LogP contribution in [0, 0.1) is 37.5 Å². The number of nitrogens with one attached hydrogen (secondary N) is 8. The predicted octanol–water partition coefficient (Wildman–Crippen LogP) is 16.1. The van der Waals surface area contributed by atoms with Crippen LogP contribution in [0.1, 0.15) is 165 Å². The average molecular weight is 1840 g/mol. The van der Waals surface area contributed by atoms with E-state index < -0.39 is 0 Å². The van der Waals surface area contributed by atoms with Crippen molar-refractivity contribution in [3.05, 3.63) is 193 Å². The third-order valence-corrected chi connectivity index (χ3v) is 26.1. The fourth-order valence-electron chi connectivity index (χ4n) is 17.7. The van der Waals surface area contributed by atoms with Gasteiger partial charge in [-0.15, -0.1) is 0 Å². The quantitative estimate of drug-likeness (QED) is 0.0278. The SMILES string of the molecule is CC(=O)N1CCC(COc2nc(C(C)Nc3ncnc4nc[nH]c34)cc3cccc(C)c23)CC1.CC(=O)N1CCC(COc2nc(C(C)Nc3ncnc4nc[nH]c34)cc3cccc(C)c23)CC1.CC(=O)N1CCC(COc2nc(C(C)Nc3ncnc4nc[nH]c34)cc3cccc(Cl)c23)CC1.CC(=O)N1CCC(COc2nc(C(C)Nc3ncnc4nc[nH]c34)cc3ccccc23)CC1. The van der Waals surface area contributed by atoms with Crippen LogP contribution in [-0.4, -0.2) is 222 Å². The van der Waals surface area contributed by atoms with Gasteiger partial charge in [-0.3, -0.25) is 19.2 Å². The number of amides is 4. The molecule has 4 atom stereocenters. The van der Waals surface area contributed by atoms with Gasteiger partial charge in [-0.2, -0.15) is 0 Å². The molecule has 4 unspecified atom stereocenters. The summed E-state index contributed by atoms with van der Waals surface area (Å²) in [6, 6.07) is 34.2. The van der Waals surface area contributed by atoms with Crippen molar-refractivity contribution in [3.63, 3.8) is 0 Å². The summed E-state index contributed by atoms with van der Waals surface area (Å²) >= 11 is 6.54. The largest absolute Gasteiger partial charge is 0.477 e. The first kappa shape index (κ1) is 92.2. The van der Waals surface area contributed by atoms with Gasteiger partial charge in [0.15, 0.2) is 45.9 Å². The van der Waals surface area contributed by atoms with E-state index in [2.05, 4.69) is 189 Å². The average Bonchev–Trinajstić information content (AvgIpc) is 1.29. The normalized spacial score (nSPS) is 15.6. The Morgan fingerprint density at radius 2 is 0.615 bits per heavy atom. The summed E-state index contributed by atoms with van der Waals surface area (Å²) in [6.07, 6.45) is 19.9. The van der Waals surface area contributed by atoms with Crippen LogP contribution in [-0.2, 0) is 19.2 Å². The van der Waals surface area contributed by atoms with Gasteiger partial charge in [0.2, 0.25) is 47.1 Å². The Labute approximate surface area is 784 Å². The van der Waals surface area contributed by atoms with Gasteiger partial charge in [0.1, 0.15) is 47.4 Å². The number of aromatic nitrogens is 20. The van der Waals surface area contributed by atoms with Crippen LogP contribution >= 0.6 is 11.6 Å². The molecule has 698 valence electrons. The molecule has 0 spiro atoms. The Kier molecular flexibility index (Phi) is 28.7. The van der Waals surface area contributed by atoms with Crippen LogP contribution in [0.5, 0.6) is 23.5 Å². The second-order valence-corrected chi connectivity index (χ2v) is 35.5. The number of hydrogen-bond donors (Lipinski definition) is 8. The van der Waals surface area contributed by atoms with E-state index in [0.717, 1.165) is 203 Å². The molecule has 16 aromatic rings. The van der Waals surface area contributed by atoms with E-state index in [1.165, 1.54) is 25.3 Å². The Morgan fingerprint density at radius 3 is 0.933 bits per heavy atom. The first-order chi connectivity index (χ1) is 65.6. The number of anilines is 4. The zero-order valence-corrected chi connectivity index (χ0v) is 78.0. The van der Waals surface area contributed by atoms with E-state index in [0.29, 0.717) is 125 Å². The number of pyridine rings is 4. The predicted molar refractivity (Wildman–Crippen MR) is 518 cm³/mol. The number of halogens is 1. The highest BCUT2D eigenvalue weighted by molar-refractivity contribution is 6.36. The van der Waals surface area contributed by atoms with Crippen molar-refractivity contribution in [3.8, 4) is 23.5 Å². The molecule has 0 bridgehead atoms. The lowest BCUT2D eigenvalue weighted by atomic mass is 9.98. The number of piperidine rings is 4. The van der Waals surface area contributed by atoms with Crippen LogP contribution in [0.15, 0.2) is 154 Å². The first-order valence-corrected chi connectivity index (χ1v) is 46.4. The molecule has 4 saturated heterocycles. The van der Waals surface area contributed by atoms with Gasteiger partial charge in [0.25, 0.3) is 0 Å². The van der Waals surface area contributed by atoms with Gasteiger partial charge in [0.05, 0.1) is 109 Å². The number of benzene rings is 4. The summed E-state index contributed by atoms with van der Waals surface area (Å²) in [6.45, 7) is 27.4. The number of H-pyrrole nitrogens is 4. The summed E-state index contributed by atoms with van der Waals surface area (Å²) < 4.78 is 25.2. The maximum absolute atomic E-state index is 11.6. The summed E-state index contributed by atoms with van der Waals surface area (Å²) in [5.74, 6) is 7.33. The van der Waals surface area contributed by atoms with Crippen LogP contribution in [0.3, 0.4) is 0 Å². The molecule has 16 heterocycles. The number of carbonyl (C=O) groups excluding carboxylic acids is 4. The van der Waals surface area contributed by atoms with Gasteiger partial charge in [-0.1, -0.05) is 78.3 Å². The first-order valence-electron chi connectivity index (χ1n) is 46.0. The highest BCUT2D eigenvalue weighted by Crippen LogP contribution is 2.39. The van der Waals surface area contributed by atoms with Crippen molar-refractivity contribution in [2.24, 2.45) is 23.7 Å². The number of imidazole rings is 4. The van der Waals surface area contributed by atoms with Crippen LogP contribution in [0.2, 0.25) is 5.02 Å². The monoisotopic (exact) mass is 1840 g/mol. The van der Waals surface area contributed by atoms with Crippen molar-refractivity contribution < 1.29 is 38.1 Å². The van der Waals surface area contributed by atoms with E-state index in [1.807, 2.05) is 75.9 Å². The zero-order valence-electron chi connectivity index (χ0n) is 77.3. The highest BCUT2D eigenvalue weighted by atomic mass is 35.5. The molecule has 135 heavy (non-hydrogen) atoms. The summed E-state index contributed by atoms with van der Waals surface area (Å²) in [7, 11) is 0. The summed E-state index contributed by atoms with van der Waals surface area (Å²) in [5.41, 5.74) is 11.2. The molecule has 0 aliphatic carbocycles. The number of ether oxygens (including phenoxy) is 4. The topological polar surface area (TPSA) is 436 Å². The Balaban J connectivity index is 0.000000125. The van der Waals surface area contributed by atoms with Gasteiger partial charge in [-0.25, -0.2) is 79.7 Å². The van der Waals surface area contributed by atoms with Crippen molar-refractivity contribution in [1.29, 1.82) is 0 Å². The molecule has 4 aromatic carbocycles. The number of aromatic amines is 4. The van der Waals surface area contributed by atoms with Crippen molar-refractivity contribution in [2.45, 2.75) is 145 Å². The minimum absolute atomic E-state index is 0.114. The molecule has 0 saturated carbocycles. The molecule has 36 nitrogen and oxygen atoms in total. The smallest absolute Gasteiger partial charge is 0.223 e. The number of likely N-dealkylation sites (tertiary alicyclic amines) is 4. The molecular formula is C98H111ClN28O8. The Morgan fingerprint density at radius 1 is 0.348 bits per heavy atom. The van der Waals surface area contributed by atoms with Crippen LogP contribution < -0.4 is 40.2 Å². The van der Waals surface area contributed by atoms with Crippen LogP contribution in [0.4, 0.5) is 23.3 Å². The van der Waals surface area contributed by atoms with Gasteiger partial charge < -0.3 is 79.8 Å². The minimum atomic E-state index is -0.161. The van der Waals surface area contributed by atoms with E-state index >= 15 is 0 Å². The Bertz CT molecular complexity index is 6410. The van der Waals surface area contributed by atoms with Gasteiger partial charge in [0, 0.05) is 96.2 Å². The van der Waals surface area contributed by atoms with Crippen molar-refractivity contribution >= 4 is 146 Å². The number of fused-ring (bicyclic) bond motifs is 8. The van der Waals surface area contributed by atoms with E-state index in [1.54, 1.807) is 53.0 Å². The molecule has 4 amide bonds. The molecule has 8 N–H and O–H groups in total. The lowest BCUT2D eigenvalue weighted by molar-refractivity contribution is -0.131. The zero-order chi connectivity index (χ0) is 93.8. The molecule has 12 aromatic heterocycles. The maximum Gasteiger partial charge on any atom is 0.223 e. The molecule has 37 heteroatoms. The van der Waals surface area contributed by atoms with Crippen LogP contribution in [0.25, 0.3) is 87.7 Å². The number of nitrogens with zero attached hydrogens (tertiary/aromatic N) is 20. The van der Waals surface area contributed by atoms with Gasteiger partial charge in [-0.05, 0) is 186 Å². The number of rotatable bonds is 24. The summed E-state index contributed by atoms with van der Waals surface area (Å²) in [4.78, 5) is 137. The molecule has 0 radical (unpaired) electrons. The van der Waals surface area contributed by atoms with Crippen molar-refractivity contribution in [2.75, 3.05) is 100 Å². The lowest BCUT2D eigenvalue weighted by Gasteiger charge is -2.31. The molecule has 20 rings (SSSR count). The Hall–Kier alpha value is -14.7. The van der Waals surface area contributed by atoms with E-state index in [4.69, 9.17) is 50.5 Å². The highest BCUT2D eigenvalue weighted by Gasteiger charge is 2.30. The van der Waals surface area contributed by atoms with Crippen molar-refractivity contribution in [1.82, 2.24) is 119 Å². The fourth-order valence-corrected chi connectivity index (χ4v) is 18.0. The standard InChI is InChI=1S/2C25H29N7O2.C24H26ClN7O2.C24H27N7O2/c2*1-15-5-4-6-19-11-20(16(2)30-24-22-23(27-13-26-22)28-14-29-24)31-25(21(15)19)34-12-18-7-9-32(10-8-18)17(3)33;1-14(30-23-21-22(27-12-26-21)28-13-29-23)19-10-17-4-3-5-18(25)20(17)24(31-19)34-11-16-6-8-32(9-7-16)15(2)33;1-15(29-23-21-22(26-13-25-21)27-14-28-23)20-11-18-5-3-4-6-19(18)24(30-20)33-12-17-7-9-31(10-8-17)16(2)32/h2*4-6,11,13-14,16,18H,7-10,12H2,1-3H3,(H2,26,27,28,29,30);3-5,10,12-14,16H,6-9,11H2,1-2H3,(H2,26,27,28,29,30);3-6,11,13-15,17H,7-10,12H2,1-2H3,(H2,25,26,27,28,29). The number of carbonyl (C=O) groups is 4. The lowest BCUT2D eigenvalue weighted by Crippen LogP contribution is -2.38. The molecular weight excluding hydrogens is 1730 g/mol. The number of hydrogen-bond acceptors (Lipinski definition) is 28. The maximum atomic E-state index is 11.6. The third kappa shape index (κ3) is 21.8. The van der Waals surface area contributed by atoms with E-state index in [-0.39, 0.29) is 47.8 Å². The third-order valence-electron chi connectivity index (χ3n) is 25.8. The summed E-state index contributed by atoms with van der Waals surface area (Å²) in [5, 5.41) is 22.4. The second-order valence-electron chi connectivity index (χ2n) is 35.1. The molecule has 4 aliphatic heterocycles. The second kappa shape index (κ2) is 42.0. The number of aryl methyl sites for hydroxylation is 2. The molecule has 4 fully saturated rings. The minimum Gasteiger partial charge on any atom is -0.477 e. The molecule has 4 aliphatic rings. The van der Waals surface area contributed by atoms with Gasteiger partial charge >= 0.3 is 0 Å². The fraction of sp³-hybridized carbons (Fsp3) is 0.388. The van der Waals surface area contributed by atoms with E-state index in [9.17, 15) is 19.2 Å².